The van der Waals surface area contributed by atoms with E-state index in [-0.39, 0.29) is 11.7 Å². The molecule has 0 radical (unpaired) electrons. The van der Waals surface area contributed by atoms with E-state index in [1.165, 1.54) is 0 Å². The summed E-state index contributed by atoms with van der Waals surface area (Å²) >= 11 is 0. The van der Waals surface area contributed by atoms with Gasteiger partial charge in [0.2, 0.25) is 0 Å². The lowest BCUT2D eigenvalue weighted by molar-refractivity contribution is -0.117. The molecule has 0 aromatic heterocycles. The summed E-state index contributed by atoms with van der Waals surface area (Å²) in [6.45, 7) is 2.02. The molecule has 0 aliphatic carbocycles. The molecule has 2 N–H and O–H groups in total. The van der Waals surface area contributed by atoms with Crippen molar-refractivity contribution in [3.8, 4) is 0 Å². The molecule has 0 fully saturated rings. The second-order valence-electron chi connectivity index (χ2n) is 5.44. The van der Waals surface area contributed by atoms with Crippen LogP contribution >= 0.6 is 0 Å². The molecule has 2 aliphatic heterocycles. The Morgan fingerprint density at radius 1 is 1.10 bits per heavy atom. The maximum absolute atomic E-state index is 12.4. The minimum absolute atomic E-state index is 0.224. The van der Waals surface area contributed by atoms with Crippen molar-refractivity contribution in [2.24, 2.45) is 0 Å². The third-order valence-electron chi connectivity index (χ3n) is 4.08. The van der Waals surface area contributed by atoms with Gasteiger partial charge in [0.15, 0.2) is 11.4 Å². The Balaban J connectivity index is 1.94. The number of anilines is 2. The first-order valence-electron chi connectivity index (χ1n) is 6.82. The highest BCUT2D eigenvalue weighted by Crippen LogP contribution is 2.49. The topological polar surface area (TPSA) is 52.6 Å². The fourth-order valence-electron chi connectivity index (χ4n) is 3.06. The van der Waals surface area contributed by atoms with Gasteiger partial charge in [-0.1, -0.05) is 42.0 Å². The Bertz CT molecular complexity index is 780. The number of nitrogens with zero attached hydrogens (tertiary/aromatic N) is 1. The zero-order valence-corrected chi connectivity index (χ0v) is 11.5. The van der Waals surface area contributed by atoms with Crippen molar-refractivity contribution in [2.45, 2.75) is 12.6 Å². The van der Waals surface area contributed by atoms with Crippen LogP contribution in [0.2, 0.25) is 0 Å². The van der Waals surface area contributed by atoms with Gasteiger partial charge in [-0.05, 0) is 19.1 Å². The molecule has 2 aromatic carbocycles. The number of carbonyl (C=O) groups excluding carboxylic acids is 1. The van der Waals surface area contributed by atoms with Crippen LogP contribution in [0, 0.1) is 6.92 Å². The van der Waals surface area contributed by atoms with E-state index < -0.39 is 5.66 Å². The van der Waals surface area contributed by atoms with E-state index in [0.29, 0.717) is 0 Å². The van der Waals surface area contributed by atoms with E-state index in [9.17, 15) is 9.90 Å². The van der Waals surface area contributed by atoms with Gasteiger partial charge in [-0.25, -0.2) is 0 Å². The Kier molecular flexibility index (Phi) is 2.22. The number of aliphatic hydroxyl groups is 1. The summed E-state index contributed by atoms with van der Waals surface area (Å²) in [5, 5.41) is 13.3. The number of hydrogen-bond donors (Lipinski definition) is 2. The summed E-state index contributed by atoms with van der Waals surface area (Å²) in [4.78, 5) is 14.0. The van der Waals surface area contributed by atoms with Crippen LogP contribution in [-0.4, -0.2) is 11.0 Å². The molecule has 2 aliphatic rings. The van der Waals surface area contributed by atoms with Crippen molar-refractivity contribution in [3.63, 3.8) is 0 Å². The van der Waals surface area contributed by atoms with E-state index in [4.69, 9.17) is 0 Å². The largest absolute Gasteiger partial charge is 0.503 e. The second kappa shape index (κ2) is 3.88. The molecule has 21 heavy (non-hydrogen) atoms. The fourth-order valence-corrected chi connectivity index (χ4v) is 3.06. The summed E-state index contributed by atoms with van der Waals surface area (Å²) in [5.41, 5.74) is 2.90. The number of amides is 1. The molecule has 2 heterocycles. The maximum Gasteiger partial charge on any atom is 0.295 e. The molecule has 4 rings (SSSR count). The monoisotopic (exact) mass is 278 g/mol. The predicted molar refractivity (Wildman–Crippen MR) is 81.1 cm³/mol. The van der Waals surface area contributed by atoms with Crippen LogP contribution in [-0.2, 0) is 10.5 Å². The minimum atomic E-state index is -0.835. The number of benzene rings is 2. The Hall–Kier alpha value is -2.75. The number of aliphatic hydroxyl groups excluding tert-OH is 1. The Morgan fingerprint density at radius 2 is 1.81 bits per heavy atom. The van der Waals surface area contributed by atoms with E-state index >= 15 is 0 Å². The van der Waals surface area contributed by atoms with Crippen LogP contribution in [0.1, 0.15) is 11.1 Å². The Labute approximate surface area is 122 Å². The van der Waals surface area contributed by atoms with Crippen molar-refractivity contribution < 1.29 is 9.90 Å². The molecule has 1 amide bonds. The highest BCUT2D eigenvalue weighted by molar-refractivity contribution is 6.13. The van der Waals surface area contributed by atoms with Crippen LogP contribution in [0.25, 0.3) is 0 Å². The molecule has 1 atom stereocenters. The van der Waals surface area contributed by atoms with E-state index in [1.54, 1.807) is 11.0 Å². The molecular formula is C17H14N2O2. The van der Waals surface area contributed by atoms with Crippen molar-refractivity contribution in [2.75, 3.05) is 10.2 Å². The zero-order valence-electron chi connectivity index (χ0n) is 11.5. The van der Waals surface area contributed by atoms with Crippen LogP contribution in [0.4, 0.5) is 11.4 Å². The average molecular weight is 278 g/mol. The van der Waals surface area contributed by atoms with Crippen molar-refractivity contribution in [1.82, 2.24) is 0 Å². The molecule has 0 bridgehead atoms. The van der Waals surface area contributed by atoms with E-state index in [2.05, 4.69) is 5.32 Å². The number of rotatable bonds is 1. The number of carbonyl (C=O) groups is 1. The van der Waals surface area contributed by atoms with Crippen molar-refractivity contribution in [1.29, 1.82) is 0 Å². The first-order valence-corrected chi connectivity index (χ1v) is 6.82. The average Bonchev–Trinajstić information content (AvgIpc) is 2.93. The lowest BCUT2D eigenvalue weighted by Crippen LogP contribution is -2.45. The standard InChI is InChI=1S/C17H14N2O2/c1-11-6-8-12(9-7-11)17-10-15(20)16(21)19(17)14-5-3-2-4-13(14)18-17/h2-10,18,20H,1H3/t17-/m0/s1. The highest BCUT2D eigenvalue weighted by Gasteiger charge is 2.52. The minimum Gasteiger partial charge on any atom is -0.503 e. The van der Waals surface area contributed by atoms with E-state index in [1.807, 2.05) is 55.5 Å². The van der Waals surface area contributed by atoms with Gasteiger partial charge >= 0.3 is 0 Å². The number of fused-ring (bicyclic) bond motifs is 3. The lowest BCUT2D eigenvalue weighted by atomic mass is 9.99. The summed E-state index contributed by atoms with van der Waals surface area (Å²) in [7, 11) is 0. The first-order chi connectivity index (χ1) is 10.1. The first kappa shape index (κ1) is 12.0. The highest BCUT2D eigenvalue weighted by atomic mass is 16.3. The lowest BCUT2D eigenvalue weighted by Gasteiger charge is -2.31. The van der Waals surface area contributed by atoms with Crippen LogP contribution in [0.15, 0.2) is 60.4 Å². The smallest absolute Gasteiger partial charge is 0.295 e. The van der Waals surface area contributed by atoms with E-state index in [0.717, 1.165) is 22.5 Å². The number of aryl methyl sites for hydroxylation is 1. The summed E-state index contributed by atoms with van der Waals surface area (Å²) in [6, 6.07) is 15.6. The zero-order chi connectivity index (χ0) is 14.6. The van der Waals surface area contributed by atoms with Gasteiger partial charge in [0.05, 0.1) is 11.4 Å². The van der Waals surface area contributed by atoms with Gasteiger partial charge in [-0.3, -0.25) is 9.69 Å². The van der Waals surface area contributed by atoms with Crippen LogP contribution < -0.4 is 10.2 Å². The summed E-state index contributed by atoms with van der Waals surface area (Å²) in [5.74, 6) is -0.606. The fraction of sp³-hybridized carbons (Fsp3) is 0.118. The molecule has 0 saturated heterocycles. The van der Waals surface area contributed by atoms with Gasteiger partial charge in [-0.2, -0.15) is 0 Å². The molecular weight excluding hydrogens is 264 g/mol. The number of hydrogen-bond acceptors (Lipinski definition) is 3. The maximum atomic E-state index is 12.4. The molecule has 4 heteroatoms. The van der Waals surface area contributed by atoms with Gasteiger partial charge in [0.1, 0.15) is 0 Å². The van der Waals surface area contributed by atoms with Crippen LogP contribution in [0.3, 0.4) is 0 Å². The SMILES string of the molecule is Cc1ccc([C@]23C=C(O)C(=O)N2c2ccccc2N3)cc1. The molecule has 0 spiro atoms. The van der Waals surface area contributed by atoms with Gasteiger partial charge in [-0.15, -0.1) is 0 Å². The van der Waals surface area contributed by atoms with Gasteiger partial charge < -0.3 is 10.4 Å². The van der Waals surface area contributed by atoms with Gasteiger partial charge in [0.25, 0.3) is 5.91 Å². The molecule has 0 saturated carbocycles. The molecule has 104 valence electrons. The predicted octanol–water partition coefficient (Wildman–Crippen LogP) is 3.06. The number of nitrogens with one attached hydrogen (secondary N) is 1. The molecule has 0 unspecified atom stereocenters. The summed E-state index contributed by atoms with van der Waals surface area (Å²) < 4.78 is 0. The normalized spacial score (nSPS) is 22.6. The Morgan fingerprint density at radius 3 is 2.57 bits per heavy atom. The van der Waals surface area contributed by atoms with Crippen molar-refractivity contribution >= 4 is 17.3 Å². The quantitative estimate of drug-likeness (QED) is 0.843. The van der Waals surface area contributed by atoms with Crippen molar-refractivity contribution in [3.05, 3.63) is 71.5 Å². The van der Waals surface area contributed by atoms with Gasteiger partial charge in [0, 0.05) is 11.6 Å². The third-order valence-corrected chi connectivity index (χ3v) is 4.08. The molecule has 2 aromatic rings. The summed E-state index contributed by atoms with van der Waals surface area (Å²) in [6.07, 6.45) is 1.58. The second-order valence-corrected chi connectivity index (χ2v) is 5.44. The molecule has 4 nitrogen and oxygen atoms in total. The van der Waals surface area contributed by atoms with Crippen LogP contribution in [0.5, 0.6) is 0 Å². The third kappa shape index (κ3) is 1.47. The number of para-hydroxylation sites is 2.